The summed E-state index contributed by atoms with van der Waals surface area (Å²) >= 11 is 0. The van der Waals surface area contributed by atoms with Crippen LogP contribution in [0.2, 0.25) is 0 Å². The van der Waals surface area contributed by atoms with Crippen LogP contribution in [0.1, 0.15) is 0 Å². The monoisotopic (exact) mass is 882 g/mol. The molecule has 0 atom stereocenters. The molecule has 0 N–H and O–H groups in total. The second-order valence-electron chi connectivity index (χ2n) is 17.5. The van der Waals surface area contributed by atoms with Gasteiger partial charge in [-0.25, -0.2) is 15.0 Å². The summed E-state index contributed by atoms with van der Waals surface area (Å²) < 4.78 is 16.1. The Hall–Kier alpha value is -9.39. The van der Waals surface area contributed by atoms with Crippen molar-refractivity contribution in [2.45, 2.75) is 0 Å². The van der Waals surface area contributed by atoms with Crippen molar-refractivity contribution in [1.82, 2.24) is 19.5 Å². The Kier molecular flexibility index (Phi) is 8.79. The van der Waals surface area contributed by atoms with Crippen LogP contribution < -0.4 is 0 Å². The van der Waals surface area contributed by atoms with E-state index >= 15 is 0 Å². The summed E-state index contributed by atoms with van der Waals surface area (Å²) in [6.07, 6.45) is 0. The highest BCUT2D eigenvalue weighted by Gasteiger charge is 2.24. The quantitative estimate of drug-likeness (QED) is 0.159. The summed E-state index contributed by atoms with van der Waals surface area (Å²) in [5.41, 5.74) is 15.6. The molecule has 10 aromatic carbocycles. The Morgan fingerprint density at radius 2 is 0.826 bits per heavy atom. The second kappa shape index (κ2) is 15.6. The molecule has 0 aliphatic heterocycles. The smallest absolute Gasteiger partial charge is 0.164 e. The minimum absolute atomic E-state index is 0.567. The first-order valence-electron chi connectivity index (χ1n) is 23.2. The van der Waals surface area contributed by atoms with E-state index in [0.717, 1.165) is 99.5 Å². The van der Waals surface area contributed by atoms with Gasteiger partial charge in [-0.3, -0.25) is 0 Å². The van der Waals surface area contributed by atoms with Gasteiger partial charge in [0.1, 0.15) is 22.3 Å². The second-order valence-corrected chi connectivity index (χ2v) is 17.5. The topological polar surface area (TPSA) is 69.9 Å². The van der Waals surface area contributed by atoms with Crippen molar-refractivity contribution in [2.75, 3.05) is 0 Å². The molecule has 6 nitrogen and oxygen atoms in total. The molecule has 6 heteroatoms. The summed E-state index contributed by atoms with van der Waals surface area (Å²) in [5.74, 6) is 1.76. The molecule has 322 valence electrons. The highest BCUT2D eigenvalue weighted by molar-refractivity contribution is 6.17. The molecule has 0 saturated heterocycles. The van der Waals surface area contributed by atoms with Crippen molar-refractivity contribution in [3.05, 3.63) is 231 Å². The van der Waals surface area contributed by atoms with Gasteiger partial charge in [0.25, 0.3) is 0 Å². The fourth-order valence-electron chi connectivity index (χ4n) is 10.2. The molecule has 4 aromatic heterocycles. The SMILES string of the molecule is c1ccc(-c2ccc(-c3nc(-c4ccccc4)nc(-c4cccc5oc6c(-c7cc8c(cc7-n7c9ccccc9c9cc(-c%10ccccc%10)ccc97)oc7ccccc78)cccc6c45)n3)cc2)cc1. The molecule has 0 bridgehead atoms. The zero-order valence-electron chi connectivity index (χ0n) is 37.0. The minimum atomic E-state index is 0.567. The van der Waals surface area contributed by atoms with Gasteiger partial charge in [0, 0.05) is 66.2 Å². The number of furan rings is 2. The lowest BCUT2D eigenvalue weighted by Crippen LogP contribution is -2.00. The molecule has 0 radical (unpaired) electrons. The zero-order valence-corrected chi connectivity index (χ0v) is 37.0. The fourth-order valence-corrected chi connectivity index (χ4v) is 10.2. The maximum Gasteiger partial charge on any atom is 0.164 e. The normalized spacial score (nSPS) is 11.8. The molecule has 0 unspecified atom stereocenters. The van der Waals surface area contributed by atoms with Gasteiger partial charge in [-0.15, -0.1) is 0 Å². The lowest BCUT2D eigenvalue weighted by molar-refractivity contribution is 0.668. The van der Waals surface area contributed by atoms with Crippen LogP contribution in [0.25, 0.3) is 139 Å². The number of rotatable bonds is 7. The van der Waals surface area contributed by atoms with Crippen molar-refractivity contribution in [1.29, 1.82) is 0 Å². The van der Waals surface area contributed by atoms with Crippen LogP contribution in [0.3, 0.4) is 0 Å². The third kappa shape index (κ3) is 6.38. The predicted molar refractivity (Wildman–Crippen MR) is 281 cm³/mol. The average molecular weight is 883 g/mol. The first kappa shape index (κ1) is 38.8. The summed E-state index contributed by atoms with van der Waals surface area (Å²) in [6.45, 7) is 0. The van der Waals surface area contributed by atoms with Gasteiger partial charge in [0.05, 0.1) is 16.7 Å². The van der Waals surface area contributed by atoms with Gasteiger partial charge in [-0.1, -0.05) is 188 Å². The maximum absolute atomic E-state index is 7.07. The number of hydrogen-bond acceptors (Lipinski definition) is 5. The van der Waals surface area contributed by atoms with Crippen molar-refractivity contribution < 1.29 is 8.83 Å². The molecule has 0 saturated carbocycles. The van der Waals surface area contributed by atoms with Gasteiger partial charge >= 0.3 is 0 Å². The van der Waals surface area contributed by atoms with Gasteiger partial charge < -0.3 is 13.4 Å². The Bertz CT molecular complexity index is 4290. The van der Waals surface area contributed by atoms with Crippen molar-refractivity contribution in [2.24, 2.45) is 0 Å². The van der Waals surface area contributed by atoms with Crippen LogP contribution >= 0.6 is 0 Å². The molecule has 0 spiro atoms. The van der Waals surface area contributed by atoms with E-state index in [4.69, 9.17) is 23.8 Å². The van der Waals surface area contributed by atoms with Gasteiger partial charge in [-0.05, 0) is 58.7 Å². The van der Waals surface area contributed by atoms with E-state index < -0.39 is 0 Å². The van der Waals surface area contributed by atoms with Crippen molar-refractivity contribution in [3.63, 3.8) is 0 Å². The number of fused-ring (bicyclic) bond motifs is 9. The molecular formula is C63H38N4O2. The van der Waals surface area contributed by atoms with Crippen molar-refractivity contribution >= 4 is 65.7 Å². The van der Waals surface area contributed by atoms with Gasteiger partial charge in [0.15, 0.2) is 17.5 Å². The van der Waals surface area contributed by atoms with E-state index in [1.165, 1.54) is 21.9 Å². The molecule has 69 heavy (non-hydrogen) atoms. The lowest BCUT2D eigenvalue weighted by Gasteiger charge is -2.15. The largest absolute Gasteiger partial charge is 0.456 e. The van der Waals surface area contributed by atoms with E-state index in [9.17, 15) is 0 Å². The van der Waals surface area contributed by atoms with E-state index in [1.807, 2.05) is 60.7 Å². The first-order valence-corrected chi connectivity index (χ1v) is 23.2. The molecule has 14 aromatic rings. The van der Waals surface area contributed by atoms with Gasteiger partial charge in [-0.2, -0.15) is 0 Å². The van der Waals surface area contributed by atoms with E-state index in [-0.39, 0.29) is 0 Å². The summed E-state index contributed by atoms with van der Waals surface area (Å²) in [7, 11) is 0. The van der Waals surface area contributed by atoms with Crippen LogP contribution in [0.4, 0.5) is 0 Å². The third-order valence-electron chi connectivity index (χ3n) is 13.5. The number of hydrogen-bond donors (Lipinski definition) is 0. The van der Waals surface area contributed by atoms with E-state index in [0.29, 0.717) is 17.5 Å². The predicted octanol–water partition coefficient (Wildman–Crippen LogP) is 16.8. The number of benzene rings is 10. The average Bonchev–Trinajstić information content (AvgIpc) is 4.10. The molecule has 0 aliphatic carbocycles. The first-order chi connectivity index (χ1) is 34.2. The maximum atomic E-state index is 7.07. The van der Waals surface area contributed by atoms with Gasteiger partial charge in [0.2, 0.25) is 0 Å². The zero-order chi connectivity index (χ0) is 45.4. The highest BCUT2D eigenvalue weighted by Crippen LogP contribution is 2.46. The van der Waals surface area contributed by atoms with E-state index in [2.05, 4.69) is 174 Å². The Balaban J connectivity index is 0.993. The Morgan fingerprint density at radius 3 is 1.59 bits per heavy atom. The standard InChI is InChI=1S/C63H38N4O2/c1-4-16-39(17-5-1)41-30-32-43(33-31-41)62-64-61(42-20-8-3-9-21-42)65-63(66-62)49-26-15-29-57-59(49)48-25-14-24-47(60(48)69-57)51-37-52-46-23-11-13-28-56(46)68-58(52)38-55(51)67-53-27-12-10-22-45(53)50-36-44(34-35-54(50)67)40-18-6-2-7-19-40/h1-38H. The highest BCUT2D eigenvalue weighted by atomic mass is 16.3. The molecule has 14 rings (SSSR count). The molecule has 4 heterocycles. The van der Waals surface area contributed by atoms with Crippen LogP contribution in [-0.4, -0.2) is 19.5 Å². The Labute approximate surface area is 396 Å². The molecular weight excluding hydrogens is 845 g/mol. The summed E-state index contributed by atoms with van der Waals surface area (Å²) in [6, 6.07) is 80.3. The Morgan fingerprint density at radius 1 is 0.290 bits per heavy atom. The summed E-state index contributed by atoms with van der Waals surface area (Å²) in [5, 5.41) is 6.34. The van der Waals surface area contributed by atoms with Crippen LogP contribution in [-0.2, 0) is 0 Å². The molecule has 0 amide bonds. The number of aromatic nitrogens is 4. The van der Waals surface area contributed by atoms with E-state index in [1.54, 1.807) is 0 Å². The number of para-hydroxylation sites is 3. The van der Waals surface area contributed by atoms with Crippen LogP contribution in [0, 0.1) is 0 Å². The van der Waals surface area contributed by atoms with Crippen molar-refractivity contribution in [3.8, 4) is 73.2 Å². The lowest BCUT2D eigenvalue weighted by atomic mass is 9.97. The minimum Gasteiger partial charge on any atom is -0.456 e. The fraction of sp³-hybridized carbons (Fsp3) is 0. The van der Waals surface area contributed by atoms with Crippen LogP contribution in [0.15, 0.2) is 239 Å². The number of nitrogens with zero attached hydrogens (tertiary/aromatic N) is 4. The molecule has 0 fully saturated rings. The van der Waals surface area contributed by atoms with Crippen LogP contribution in [0.5, 0.6) is 0 Å². The summed E-state index contributed by atoms with van der Waals surface area (Å²) in [4.78, 5) is 15.5. The molecule has 0 aliphatic rings. The third-order valence-corrected chi connectivity index (χ3v) is 13.5.